The number of ether oxygens (including phenoxy) is 3. The smallest absolute Gasteiger partial charge is 0.347 e. The molecule has 4 rings (SSSR count). The van der Waals surface area contributed by atoms with Gasteiger partial charge in [0, 0.05) is 18.9 Å². The van der Waals surface area contributed by atoms with Crippen LogP contribution in [0.3, 0.4) is 0 Å². The van der Waals surface area contributed by atoms with Gasteiger partial charge in [0.15, 0.2) is 6.10 Å². The van der Waals surface area contributed by atoms with Crippen LogP contribution in [0, 0.1) is 17.3 Å². The summed E-state index contributed by atoms with van der Waals surface area (Å²) in [6.45, 7) is 8.85. The maximum Gasteiger partial charge on any atom is 0.347 e. The molecule has 2 aromatic rings. The number of epoxide rings is 1. The van der Waals surface area contributed by atoms with Crippen LogP contribution in [0.5, 0.6) is 5.75 Å². The van der Waals surface area contributed by atoms with E-state index in [1.54, 1.807) is 19.9 Å². The number of amides is 2. The Kier molecular flexibility index (Phi) is 10.5. The number of nitrogens with one attached hydrogen (secondary N) is 2. The highest BCUT2D eigenvalue weighted by Crippen LogP contribution is 2.45. The minimum Gasteiger partial charge on any atom is -0.508 e. The van der Waals surface area contributed by atoms with Crippen LogP contribution >= 0.6 is 0 Å². The number of esters is 2. The molecule has 0 bridgehead atoms. The predicted octanol–water partition coefficient (Wildman–Crippen LogP) is 4.30. The van der Waals surface area contributed by atoms with Gasteiger partial charge in [-0.25, -0.2) is 4.79 Å². The summed E-state index contributed by atoms with van der Waals surface area (Å²) in [7, 11) is 0. The van der Waals surface area contributed by atoms with Crippen LogP contribution in [0.25, 0.3) is 0 Å². The second-order valence-electron chi connectivity index (χ2n) is 12.6. The molecular weight excluding hydrogens is 564 g/mol. The van der Waals surface area contributed by atoms with Gasteiger partial charge in [0.2, 0.25) is 11.8 Å². The molecule has 6 atom stereocenters. The third-order valence-corrected chi connectivity index (χ3v) is 7.89. The largest absolute Gasteiger partial charge is 0.508 e. The molecule has 0 unspecified atom stereocenters. The van der Waals surface area contributed by atoms with Gasteiger partial charge in [0.1, 0.15) is 24.0 Å². The van der Waals surface area contributed by atoms with E-state index in [4.69, 9.17) is 14.2 Å². The van der Waals surface area contributed by atoms with Gasteiger partial charge in [-0.3, -0.25) is 14.4 Å². The maximum absolute atomic E-state index is 13.5. The molecule has 0 spiro atoms. The van der Waals surface area contributed by atoms with E-state index >= 15 is 0 Å². The van der Waals surface area contributed by atoms with E-state index < -0.39 is 47.4 Å². The number of hydrogen-bond acceptors (Lipinski definition) is 8. The number of phenols is 1. The molecule has 10 nitrogen and oxygen atoms in total. The lowest BCUT2D eigenvalue weighted by Gasteiger charge is -2.29. The molecule has 0 saturated carbocycles. The fourth-order valence-corrected chi connectivity index (χ4v) is 5.10. The van der Waals surface area contributed by atoms with Crippen LogP contribution in [0.1, 0.15) is 70.7 Å². The summed E-state index contributed by atoms with van der Waals surface area (Å²) < 4.78 is 17.8. The van der Waals surface area contributed by atoms with E-state index in [1.807, 2.05) is 51.1 Å². The number of benzene rings is 2. The van der Waals surface area contributed by atoms with Crippen molar-refractivity contribution in [3.63, 3.8) is 0 Å². The fraction of sp³-hybridized carbons (Fsp3) is 0.471. The van der Waals surface area contributed by atoms with Crippen molar-refractivity contribution >= 4 is 23.8 Å². The Morgan fingerprint density at radius 2 is 1.61 bits per heavy atom. The zero-order valence-electron chi connectivity index (χ0n) is 25.8. The molecule has 1 saturated heterocycles. The Hall–Kier alpha value is -4.18. The van der Waals surface area contributed by atoms with Gasteiger partial charge in [-0.1, -0.05) is 69.3 Å². The second-order valence-corrected chi connectivity index (χ2v) is 12.6. The first-order valence-corrected chi connectivity index (χ1v) is 15.0. The maximum atomic E-state index is 13.5. The lowest BCUT2D eigenvalue weighted by Crippen LogP contribution is -2.47. The Bertz CT molecular complexity index is 1360. The summed E-state index contributed by atoms with van der Waals surface area (Å²) in [5.41, 5.74) is 0.258. The highest BCUT2D eigenvalue weighted by Gasteiger charge is 2.48. The molecule has 0 radical (unpaired) electrons. The third-order valence-electron chi connectivity index (χ3n) is 7.89. The first-order chi connectivity index (χ1) is 20.9. The molecule has 2 aliphatic heterocycles. The highest BCUT2D eigenvalue weighted by molar-refractivity contribution is 5.93. The van der Waals surface area contributed by atoms with Crippen LogP contribution in [-0.4, -0.2) is 53.7 Å². The minimum absolute atomic E-state index is 0.0114. The Labute approximate surface area is 258 Å². The summed E-state index contributed by atoms with van der Waals surface area (Å²) in [4.78, 5) is 53.2. The van der Waals surface area contributed by atoms with Gasteiger partial charge in [-0.15, -0.1) is 0 Å². The molecule has 2 aliphatic rings. The van der Waals surface area contributed by atoms with Gasteiger partial charge >= 0.3 is 11.9 Å². The highest BCUT2D eigenvalue weighted by atomic mass is 16.6. The van der Waals surface area contributed by atoms with Crippen LogP contribution in [0.2, 0.25) is 0 Å². The number of rotatable bonds is 6. The van der Waals surface area contributed by atoms with Crippen molar-refractivity contribution in [2.45, 2.75) is 77.9 Å². The average Bonchev–Trinajstić information content (AvgIpc) is 3.79. The molecule has 2 amide bonds. The van der Waals surface area contributed by atoms with Crippen molar-refractivity contribution in [1.29, 1.82) is 0 Å². The first kappa shape index (κ1) is 32.7. The summed E-state index contributed by atoms with van der Waals surface area (Å²) in [5.74, 6) is -2.64. The molecule has 1 fully saturated rings. The van der Waals surface area contributed by atoms with E-state index in [1.165, 1.54) is 30.3 Å². The molecular formula is C34H42N2O8. The monoisotopic (exact) mass is 606 g/mol. The molecule has 44 heavy (non-hydrogen) atoms. The summed E-state index contributed by atoms with van der Waals surface area (Å²) in [5, 5.41) is 15.1. The van der Waals surface area contributed by atoms with E-state index in [2.05, 4.69) is 10.6 Å². The summed E-state index contributed by atoms with van der Waals surface area (Å²) >= 11 is 0. The first-order valence-electron chi connectivity index (χ1n) is 15.0. The number of aromatic hydroxyl groups is 1. The number of cyclic esters (lactones) is 2. The number of hydrogen-bond donors (Lipinski definition) is 3. The van der Waals surface area contributed by atoms with Crippen molar-refractivity contribution in [1.82, 2.24) is 10.6 Å². The topological polar surface area (TPSA) is 144 Å². The van der Waals surface area contributed by atoms with Crippen LogP contribution in [-0.2, 0) is 33.4 Å². The van der Waals surface area contributed by atoms with E-state index in [0.717, 1.165) is 5.56 Å². The molecule has 236 valence electrons. The van der Waals surface area contributed by atoms with Gasteiger partial charge in [0.25, 0.3) is 0 Å². The van der Waals surface area contributed by atoms with Crippen molar-refractivity contribution in [2.24, 2.45) is 17.3 Å². The molecule has 2 aromatic carbocycles. The number of carbonyl (C=O) groups is 4. The molecule has 3 N–H and O–H groups in total. The average molecular weight is 607 g/mol. The normalized spacial score (nSPS) is 27.8. The third kappa shape index (κ3) is 8.47. The van der Waals surface area contributed by atoms with Crippen LogP contribution < -0.4 is 10.6 Å². The van der Waals surface area contributed by atoms with Gasteiger partial charge < -0.3 is 30.0 Å². The number of phenolic OH excluding ortho intramolecular Hbond substituents is 1. The van der Waals surface area contributed by atoms with E-state index in [9.17, 15) is 24.3 Å². The predicted molar refractivity (Wildman–Crippen MR) is 162 cm³/mol. The Balaban J connectivity index is 1.63. The van der Waals surface area contributed by atoms with Gasteiger partial charge in [-0.2, -0.15) is 0 Å². The van der Waals surface area contributed by atoms with Crippen molar-refractivity contribution in [3.05, 3.63) is 77.9 Å². The summed E-state index contributed by atoms with van der Waals surface area (Å²) in [6.07, 6.45) is 1.14. The van der Waals surface area contributed by atoms with Crippen molar-refractivity contribution in [2.75, 3.05) is 6.54 Å². The summed E-state index contributed by atoms with van der Waals surface area (Å²) in [6, 6.07) is 14.6. The zero-order chi connectivity index (χ0) is 32.0. The molecule has 0 aromatic heterocycles. The minimum atomic E-state index is -1.21. The Morgan fingerprint density at radius 3 is 2.27 bits per heavy atom. The SMILES string of the molecule is CC(C)C[C@@H]1OC(=O)C(C)(C)CNC(=O)[C@@H](c2ccc(O)cc2)NC(=O)/C=C/C[C@@H]([C@H](C)[C@@H]2O[C@H]2c2ccccc2)OC1=O. The standard InChI is InChI=1S/C34H42N2O8/c1-20(2)18-26-32(40)42-25(21(3)29-30(44-29)23-10-7-6-8-11-23)12-9-13-27(38)36-28(22-14-16-24(37)17-15-22)31(39)35-19-34(4,5)33(41)43-26/h6-11,13-17,20-21,25-26,28-30,37H,12,18-19H2,1-5H3,(H,35,39)(H,36,38)/b13-9+/t21-,25-,26-,28+,29-,30-/m0/s1. The Morgan fingerprint density at radius 1 is 0.932 bits per heavy atom. The van der Waals surface area contributed by atoms with Gasteiger partial charge in [-0.05, 0) is 55.5 Å². The van der Waals surface area contributed by atoms with Gasteiger partial charge in [0.05, 0.1) is 11.5 Å². The fourth-order valence-electron chi connectivity index (χ4n) is 5.10. The second kappa shape index (κ2) is 14.1. The molecule has 10 heteroatoms. The zero-order valence-corrected chi connectivity index (χ0v) is 25.8. The van der Waals surface area contributed by atoms with Crippen molar-refractivity contribution in [3.8, 4) is 5.75 Å². The molecule has 0 aliphatic carbocycles. The van der Waals surface area contributed by atoms with Crippen LogP contribution in [0.15, 0.2) is 66.7 Å². The van der Waals surface area contributed by atoms with Crippen molar-refractivity contribution < 1.29 is 38.5 Å². The lowest BCUT2D eigenvalue weighted by molar-refractivity contribution is -0.179. The van der Waals surface area contributed by atoms with Crippen LogP contribution in [0.4, 0.5) is 0 Å². The lowest BCUT2D eigenvalue weighted by atomic mass is 9.92. The quantitative estimate of drug-likeness (QED) is 0.326. The number of carbonyl (C=O) groups excluding carboxylic acids is 4. The van der Waals surface area contributed by atoms with E-state index in [0.29, 0.717) is 5.56 Å². The molecule has 2 heterocycles. The van der Waals surface area contributed by atoms with E-state index in [-0.39, 0.29) is 49.2 Å².